The summed E-state index contributed by atoms with van der Waals surface area (Å²) >= 11 is 7.61. The molecular formula is C12H11ClN2S. The standard InChI is InChI=1S/C12H11ClN2S/c1-9-11(13)14-8-15-12(9)16-7-10-5-3-2-4-6-10/h2-6,8H,7H2,1H3. The number of halogens is 1. The van der Waals surface area contributed by atoms with Crippen LogP contribution in [0.5, 0.6) is 0 Å². The first-order valence-corrected chi connectivity index (χ1v) is 6.27. The summed E-state index contributed by atoms with van der Waals surface area (Å²) in [4.78, 5) is 8.16. The van der Waals surface area contributed by atoms with Crippen LogP contribution in [0.15, 0.2) is 41.7 Å². The van der Waals surface area contributed by atoms with Gasteiger partial charge in [-0.1, -0.05) is 41.9 Å². The molecule has 0 bridgehead atoms. The highest BCUT2D eigenvalue weighted by molar-refractivity contribution is 7.98. The van der Waals surface area contributed by atoms with Gasteiger partial charge in [0.1, 0.15) is 16.5 Å². The lowest BCUT2D eigenvalue weighted by Gasteiger charge is -2.04. The van der Waals surface area contributed by atoms with Crippen molar-refractivity contribution >= 4 is 23.4 Å². The van der Waals surface area contributed by atoms with Crippen molar-refractivity contribution in [3.63, 3.8) is 0 Å². The molecular weight excluding hydrogens is 240 g/mol. The molecule has 0 spiro atoms. The first kappa shape index (κ1) is 11.4. The molecule has 0 saturated carbocycles. The molecule has 2 nitrogen and oxygen atoms in total. The van der Waals surface area contributed by atoms with Gasteiger partial charge < -0.3 is 0 Å². The molecule has 0 atom stereocenters. The number of aromatic nitrogens is 2. The van der Waals surface area contributed by atoms with Crippen LogP contribution in [0.3, 0.4) is 0 Å². The molecule has 1 aromatic carbocycles. The van der Waals surface area contributed by atoms with E-state index in [1.807, 2.05) is 25.1 Å². The second-order valence-electron chi connectivity index (χ2n) is 3.37. The number of benzene rings is 1. The van der Waals surface area contributed by atoms with E-state index in [1.165, 1.54) is 11.9 Å². The highest BCUT2D eigenvalue weighted by Gasteiger charge is 2.05. The summed E-state index contributed by atoms with van der Waals surface area (Å²) in [7, 11) is 0. The van der Waals surface area contributed by atoms with E-state index in [0.717, 1.165) is 16.3 Å². The Morgan fingerprint density at radius 2 is 1.94 bits per heavy atom. The van der Waals surface area contributed by atoms with Gasteiger partial charge in [0.2, 0.25) is 0 Å². The van der Waals surface area contributed by atoms with Gasteiger partial charge in [0.15, 0.2) is 0 Å². The monoisotopic (exact) mass is 250 g/mol. The fourth-order valence-corrected chi connectivity index (χ4v) is 2.41. The molecule has 1 heterocycles. The van der Waals surface area contributed by atoms with E-state index in [9.17, 15) is 0 Å². The van der Waals surface area contributed by atoms with Gasteiger partial charge in [-0.2, -0.15) is 0 Å². The van der Waals surface area contributed by atoms with Crippen LogP contribution >= 0.6 is 23.4 Å². The van der Waals surface area contributed by atoms with Crippen molar-refractivity contribution in [3.8, 4) is 0 Å². The second-order valence-corrected chi connectivity index (χ2v) is 4.69. The minimum Gasteiger partial charge on any atom is -0.230 e. The molecule has 0 aliphatic rings. The van der Waals surface area contributed by atoms with E-state index in [1.54, 1.807) is 11.8 Å². The molecule has 0 amide bonds. The molecule has 0 radical (unpaired) electrons. The predicted octanol–water partition coefficient (Wildman–Crippen LogP) is 3.73. The van der Waals surface area contributed by atoms with Crippen molar-refractivity contribution in [2.24, 2.45) is 0 Å². The summed E-state index contributed by atoms with van der Waals surface area (Å²) in [6.07, 6.45) is 1.50. The number of hydrogen-bond donors (Lipinski definition) is 0. The molecule has 0 N–H and O–H groups in total. The Labute approximate surface area is 104 Å². The average Bonchev–Trinajstić information content (AvgIpc) is 2.32. The fourth-order valence-electron chi connectivity index (χ4n) is 1.29. The molecule has 2 aromatic rings. The second kappa shape index (κ2) is 5.32. The zero-order chi connectivity index (χ0) is 11.4. The van der Waals surface area contributed by atoms with Crippen LogP contribution in [-0.2, 0) is 5.75 Å². The van der Waals surface area contributed by atoms with E-state index in [-0.39, 0.29) is 0 Å². The molecule has 0 aliphatic carbocycles. The van der Waals surface area contributed by atoms with Crippen molar-refractivity contribution in [2.75, 3.05) is 0 Å². The van der Waals surface area contributed by atoms with E-state index < -0.39 is 0 Å². The maximum atomic E-state index is 5.93. The van der Waals surface area contributed by atoms with Crippen molar-refractivity contribution in [3.05, 3.63) is 52.9 Å². The van der Waals surface area contributed by atoms with Gasteiger partial charge in [-0.05, 0) is 12.5 Å². The highest BCUT2D eigenvalue weighted by Crippen LogP contribution is 2.26. The van der Waals surface area contributed by atoms with E-state index >= 15 is 0 Å². The average molecular weight is 251 g/mol. The lowest BCUT2D eigenvalue weighted by molar-refractivity contribution is 1.00. The van der Waals surface area contributed by atoms with Crippen LogP contribution in [0.2, 0.25) is 5.15 Å². The van der Waals surface area contributed by atoms with Crippen LogP contribution in [0, 0.1) is 6.92 Å². The zero-order valence-corrected chi connectivity index (χ0v) is 10.4. The Hall–Kier alpha value is -1.06. The van der Waals surface area contributed by atoms with Crippen molar-refractivity contribution < 1.29 is 0 Å². The molecule has 2 rings (SSSR count). The molecule has 0 fully saturated rings. The number of hydrogen-bond acceptors (Lipinski definition) is 3. The predicted molar refractivity (Wildman–Crippen MR) is 67.8 cm³/mol. The molecule has 82 valence electrons. The number of rotatable bonds is 3. The summed E-state index contributed by atoms with van der Waals surface area (Å²) in [6, 6.07) is 10.3. The summed E-state index contributed by atoms with van der Waals surface area (Å²) in [5.74, 6) is 0.898. The topological polar surface area (TPSA) is 25.8 Å². The van der Waals surface area contributed by atoms with Gasteiger partial charge in [0, 0.05) is 11.3 Å². The summed E-state index contributed by atoms with van der Waals surface area (Å²) in [5.41, 5.74) is 2.23. The first-order valence-electron chi connectivity index (χ1n) is 4.91. The maximum Gasteiger partial charge on any atom is 0.136 e. The molecule has 1 aromatic heterocycles. The molecule has 0 unspecified atom stereocenters. The zero-order valence-electron chi connectivity index (χ0n) is 8.85. The first-order chi connectivity index (χ1) is 7.77. The molecule has 0 saturated heterocycles. The van der Waals surface area contributed by atoms with E-state index in [0.29, 0.717) is 5.15 Å². The maximum absolute atomic E-state index is 5.93. The van der Waals surface area contributed by atoms with E-state index in [4.69, 9.17) is 11.6 Å². The Bertz CT molecular complexity index is 474. The lowest BCUT2D eigenvalue weighted by atomic mass is 10.2. The van der Waals surface area contributed by atoms with Gasteiger partial charge >= 0.3 is 0 Å². The van der Waals surface area contributed by atoms with Crippen molar-refractivity contribution in [1.29, 1.82) is 0 Å². The van der Waals surface area contributed by atoms with E-state index in [2.05, 4.69) is 22.1 Å². The van der Waals surface area contributed by atoms with Gasteiger partial charge in [-0.3, -0.25) is 0 Å². The Morgan fingerprint density at radius 1 is 1.19 bits per heavy atom. The van der Waals surface area contributed by atoms with Crippen LogP contribution in [0.1, 0.15) is 11.1 Å². The quantitative estimate of drug-likeness (QED) is 0.613. The van der Waals surface area contributed by atoms with Gasteiger partial charge in [-0.25, -0.2) is 9.97 Å². The van der Waals surface area contributed by atoms with Crippen molar-refractivity contribution in [1.82, 2.24) is 9.97 Å². The summed E-state index contributed by atoms with van der Waals surface area (Å²) < 4.78 is 0. The number of nitrogens with zero attached hydrogens (tertiary/aromatic N) is 2. The smallest absolute Gasteiger partial charge is 0.136 e. The fraction of sp³-hybridized carbons (Fsp3) is 0.167. The normalized spacial score (nSPS) is 10.4. The third kappa shape index (κ3) is 2.74. The summed E-state index contributed by atoms with van der Waals surface area (Å²) in [5, 5.41) is 1.48. The van der Waals surface area contributed by atoms with Crippen molar-refractivity contribution in [2.45, 2.75) is 17.7 Å². The Morgan fingerprint density at radius 3 is 2.69 bits per heavy atom. The number of thioether (sulfide) groups is 1. The van der Waals surface area contributed by atoms with Gasteiger partial charge in [0.05, 0.1) is 0 Å². The third-order valence-corrected chi connectivity index (χ3v) is 3.74. The lowest BCUT2D eigenvalue weighted by Crippen LogP contribution is -1.90. The molecule has 0 aliphatic heterocycles. The van der Waals surface area contributed by atoms with Crippen LogP contribution in [0.25, 0.3) is 0 Å². The Balaban J connectivity index is 2.08. The minimum absolute atomic E-state index is 0.533. The summed E-state index contributed by atoms with van der Waals surface area (Å²) in [6.45, 7) is 1.94. The third-order valence-electron chi connectivity index (χ3n) is 2.19. The Kier molecular flexibility index (Phi) is 3.80. The van der Waals surface area contributed by atoms with Gasteiger partial charge in [-0.15, -0.1) is 11.8 Å². The molecule has 4 heteroatoms. The largest absolute Gasteiger partial charge is 0.230 e. The van der Waals surface area contributed by atoms with Gasteiger partial charge in [0.25, 0.3) is 0 Å². The van der Waals surface area contributed by atoms with Crippen LogP contribution < -0.4 is 0 Å². The SMILES string of the molecule is Cc1c(Cl)ncnc1SCc1ccccc1. The minimum atomic E-state index is 0.533. The van der Waals surface area contributed by atoms with Crippen LogP contribution in [0.4, 0.5) is 0 Å². The highest BCUT2D eigenvalue weighted by atomic mass is 35.5. The van der Waals surface area contributed by atoms with Crippen LogP contribution in [-0.4, -0.2) is 9.97 Å². The molecule has 16 heavy (non-hydrogen) atoms.